The van der Waals surface area contributed by atoms with Crippen LogP contribution in [0.5, 0.6) is 0 Å². The Balaban J connectivity index is 1.93. The third-order valence-electron chi connectivity index (χ3n) is 3.85. The third-order valence-corrected chi connectivity index (χ3v) is 3.85. The minimum atomic E-state index is -1.40. The van der Waals surface area contributed by atoms with Gasteiger partial charge < -0.3 is 14.6 Å². The highest BCUT2D eigenvalue weighted by Crippen LogP contribution is 2.13. The smallest absolute Gasteiger partial charge is 0.411 e. The molecule has 0 heterocycles. The highest BCUT2D eigenvalue weighted by Gasteiger charge is 2.28. The van der Waals surface area contributed by atoms with Gasteiger partial charge in [0.1, 0.15) is 0 Å². The van der Waals surface area contributed by atoms with Crippen LogP contribution >= 0.6 is 0 Å². The normalized spacial score (nSPS) is 11.2. The van der Waals surface area contributed by atoms with Gasteiger partial charge in [-0.1, -0.05) is 30.3 Å². The number of rotatable bonds is 8. The number of anilines is 1. The number of nitrogens with one attached hydrogen (secondary N) is 1. The molecule has 8 nitrogen and oxygen atoms in total. The first-order valence-corrected chi connectivity index (χ1v) is 8.32. The maximum absolute atomic E-state index is 12.2. The maximum atomic E-state index is 12.2. The molecule has 0 saturated heterocycles. The largest absolute Gasteiger partial charge is 0.481 e. The number of ketones is 1. The second-order valence-electron chi connectivity index (χ2n) is 5.81. The van der Waals surface area contributed by atoms with Crippen LogP contribution in [0.25, 0.3) is 0 Å². The molecule has 0 aliphatic heterocycles. The first kappa shape index (κ1) is 20.6. The Kier molecular flexibility index (Phi) is 7.27. The van der Waals surface area contributed by atoms with Gasteiger partial charge in [-0.05, 0) is 36.2 Å². The maximum Gasteiger partial charge on any atom is 0.411 e. The number of hydrogen-bond acceptors (Lipinski definition) is 6. The summed E-state index contributed by atoms with van der Waals surface area (Å²) < 4.78 is 9.37. The number of amides is 1. The fourth-order valence-corrected chi connectivity index (χ4v) is 2.35. The summed E-state index contributed by atoms with van der Waals surface area (Å²) in [6.45, 7) is -0.582. The van der Waals surface area contributed by atoms with Crippen LogP contribution in [0.15, 0.2) is 54.6 Å². The number of hydrogen-bond donors (Lipinski definition) is 2. The van der Waals surface area contributed by atoms with Crippen molar-refractivity contribution in [1.82, 2.24) is 0 Å². The molecule has 2 aromatic carbocycles. The van der Waals surface area contributed by atoms with Crippen molar-refractivity contribution in [2.45, 2.75) is 6.42 Å². The van der Waals surface area contributed by atoms with E-state index in [1.165, 1.54) is 31.4 Å². The molecule has 0 spiro atoms. The highest BCUT2D eigenvalue weighted by molar-refractivity contribution is 6.00. The number of aliphatic carboxylic acids is 1. The van der Waals surface area contributed by atoms with Crippen LogP contribution in [0.2, 0.25) is 0 Å². The molecule has 0 saturated carbocycles. The average molecular weight is 385 g/mol. The molecule has 1 atom stereocenters. The molecule has 28 heavy (non-hydrogen) atoms. The Labute approximate surface area is 161 Å². The van der Waals surface area contributed by atoms with Gasteiger partial charge in [0.05, 0.1) is 7.11 Å². The Morgan fingerprint density at radius 2 is 1.64 bits per heavy atom. The predicted octanol–water partition coefficient (Wildman–Crippen LogP) is 2.53. The van der Waals surface area contributed by atoms with Crippen molar-refractivity contribution in [3.05, 3.63) is 65.7 Å². The van der Waals surface area contributed by atoms with Crippen LogP contribution in [0, 0.1) is 5.92 Å². The number of ether oxygens (including phenoxy) is 2. The lowest BCUT2D eigenvalue weighted by molar-refractivity contribution is -0.157. The van der Waals surface area contributed by atoms with Crippen LogP contribution in [0.4, 0.5) is 10.5 Å². The number of esters is 1. The lowest BCUT2D eigenvalue weighted by Gasteiger charge is -2.12. The Bertz CT molecular complexity index is 847. The summed E-state index contributed by atoms with van der Waals surface area (Å²) in [7, 11) is 1.23. The number of benzene rings is 2. The van der Waals surface area contributed by atoms with Crippen LogP contribution in [0.1, 0.15) is 15.9 Å². The lowest BCUT2D eigenvalue weighted by Crippen LogP contribution is -2.29. The van der Waals surface area contributed by atoms with Crippen molar-refractivity contribution in [1.29, 1.82) is 0 Å². The molecule has 8 heteroatoms. The first-order valence-electron chi connectivity index (χ1n) is 8.32. The summed E-state index contributed by atoms with van der Waals surface area (Å²) in [6.07, 6.45) is -0.678. The van der Waals surface area contributed by atoms with Gasteiger partial charge in [0.15, 0.2) is 18.3 Å². The summed E-state index contributed by atoms with van der Waals surface area (Å²) in [6, 6.07) is 14.5. The quantitative estimate of drug-likeness (QED) is 0.407. The molecule has 0 radical (unpaired) electrons. The Hall–Kier alpha value is -3.68. The van der Waals surface area contributed by atoms with Crippen molar-refractivity contribution in [2.24, 2.45) is 5.92 Å². The van der Waals surface area contributed by atoms with Crippen LogP contribution in [-0.4, -0.2) is 42.6 Å². The van der Waals surface area contributed by atoms with E-state index in [1.807, 2.05) is 0 Å². The number of methoxy groups -OCH3 is 1. The second-order valence-corrected chi connectivity index (χ2v) is 5.81. The number of carboxylic acids is 1. The topological polar surface area (TPSA) is 119 Å². The van der Waals surface area contributed by atoms with E-state index >= 15 is 0 Å². The van der Waals surface area contributed by atoms with Gasteiger partial charge in [0, 0.05) is 11.3 Å². The zero-order chi connectivity index (χ0) is 20.5. The zero-order valence-electron chi connectivity index (χ0n) is 15.1. The number of carboxylic acid groups (broad SMARTS) is 1. The van der Waals surface area contributed by atoms with Gasteiger partial charge in [0.2, 0.25) is 0 Å². The zero-order valence-corrected chi connectivity index (χ0v) is 15.1. The van der Waals surface area contributed by atoms with Crippen molar-refractivity contribution in [2.75, 3.05) is 19.0 Å². The SMILES string of the molecule is COC(=O)Nc1ccc(C(=O)COC(=O)C(Cc2ccccc2)C(=O)O)cc1. The average Bonchev–Trinajstić information content (AvgIpc) is 2.71. The fraction of sp³-hybridized carbons (Fsp3) is 0.200. The molecule has 0 aliphatic rings. The van der Waals surface area contributed by atoms with E-state index in [2.05, 4.69) is 10.1 Å². The first-order chi connectivity index (χ1) is 13.4. The molecule has 2 aromatic rings. The summed E-state index contributed by atoms with van der Waals surface area (Å²) >= 11 is 0. The van der Waals surface area contributed by atoms with Crippen LogP contribution in [0.3, 0.4) is 0 Å². The van der Waals surface area contributed by atoms with E-state index in [0.717, 1.165) is 0 Å². The number of Topliss-reactive ketones (excluding diaryl/α,β-unsaturated/α-hetero) is 1. The fourth-order valence-electron chi connectivity index (χ4n) is 2.35. The molecule has 0 bridgehead atoms. The second kappa shape index (κ2) is 9.86. The molecule has 0 aromatic heterocycles. The van der Waals surface area contributed by atoms with Gasteiger partial charge >= 0.3 is 18.0 Å². The highest BCUT2D eigenvalue weighted by atomic mass is 16.5. The van der Waals surface area contributed by atoms with E-state index < -0.39 is 36.3 Å². The molecule has 0 aliphatic carbocycles. The molecular weight excluding hydrogens is 366 g/mol. The summed E-state index contributed by atoms with van der Waals surface area (Å²) in [5.74, 6) is -4.20. The summed E-state index contributed by atoms with van der Waals surface area (Å²) in [4.78, 5) is 46.8. The number of carbonyl (C=O) groups is 4. The van der Waals surface area contributed by atoms with Gasteiger partial charge in [-0.15, -0.1) is 0 Å². The van der Waals surface area contributed by atoms with Gasteiger partial charge in [-0.3, -0.25) is 19.7 Å². The molecule has 1 unspecified atom stereocenters. The van der Waals surface area contributed by atoms with Crippen molar-refractivity contribution < 1.29 is 33.8 Å². The van der Waals surface area contributed by atoms with E-state index in [-0.39, 0.29) is 12.0 Å². The van der Waals surface area contributed by atoms with Crippen molar-refractivity contribution in [3.8, 4) is 0 Å². The standard InChI is InChI=1S/C20H19NO7/c1-27-20(26)21-15-9-7-14(8-10-15)17(22)12-28-19(25)16(18(23)24)11-13-5-3-2-4-6-13/h2-10,16H,11-12H2,1H3,(H,21,26)(H,23,24). The molecule has 1 amide bonds. The molecule has 0 fully saturated rings. The molecule has 2 rings (SSSR count). The number of carbonyl (C=O) groups excluding carboxylic acids is 3. The van der Waals surface area contributed by atoms with Crippen molar-refractivity contribution >= 4 is 29.5 Å². The van der Waals surface area contributed by atoms with Gasteiger partial charge in [-0.2, -0.15) is 0 Å². The molecule has 2 N–H and O–H groups in total. The van der Waals surface area contributed by atoms with Crippen LogP contribution in [-0.2, 0) is 25.5 Å². The minimum Gasteiger partial charge on any atom is -0.481 e. The Morgan fingerprint density at radius 1 is 1.00 bits per heavy atom. The predicted molar refractivity (Wildman–Crippen MR) is 99.0 cm³/mol. The van der Waals surface area contributed by atoms with E-state index in [4.69, 9.17) is 4.74 Å². The summed E-state index contributed by atoms with van der Waals surface area (Å²) in [5, 5.41) is 11.7. The van der Waals surface area contributed by atoms with E-state index in [9.17, 15) is 24.3 Å². The lowest BCUT2D eigenvalue weighted by atomic mass is 10.00. The van der Waals surface area contributed by atoms with Gasteiger partial charge in [-0.25, -0.2) is 4.79 Å². The van der Waals surface area contributed by atoms with Crippen molar-refractivity contribution in [3.63, 3.8) is 0 Å². The van der Waals surface area contributed by atoms with E-state index in [1.54, 1.807) is 30.3 Å². The molecule has 146 valence electrons. The third kappa shape index (κ3) is 5.94. The summed E-state index contributed by atoms with van der Waals surface area (Å²) in [5.41, 5.74) is 1.35. The monoisotopic (exact) mass is 385 g/mol. The minimum absolute atomic E-state index is 0.0307. The van der Waals surface area contributed by atoms with E-state index in [0.29, 0.717) is 11.3 Å². The Morgan fingerprint density at radius 3 is 2.21 bits per heavy atom. The molecular formula is C20H19NO7. The van der Waals surface area contributed by atoms with Crippen LogP contribution < -0.4 is 5.32 Å². The van der Waals surface area contributed by atoms with Gasteiger partial charge in [0.25, 0.3) is 0 Å².